The van der Waals surface area contributed by atoms with Crippen LogP contribution in [-0.2, 0) is 0 Å². The van der Waals surface area contributed by atoms with Crippen LogP contribution in [-0.4, -0.2) is 47.6 Å². The molecule has 0 aromatic rings. The van der Waals surface area contributed by atoms with Gasteiger partial charge in [0.2, 0.25) is 0 Å². The van der Waals surface area contributed by atoms with E-state index in [0.717, 1.165) is 13.1 Å². The smallest absolute Gasteiger partial charge is 0.0130 e. The first-order valence-corrected chi connectivity index (χ1v) is 7.28. The number of thioether (sulfide) groups is 1. The molecule has 1 atom stereocenters. The van der Waals surface area contributed by atoms with E-state index in [9.17, 15) is 0 Å². The van der Waals surface area contributed by atoms with E-state index < -0.39 is 0 Å². The Hall–Kier alpha value is 0.270. The van der Waals surface area contributed by atoms with Gasteiger partial charge in [-0.25, -0.2) is 0 Å². The average molecular weight is 246 g/mol. The average Bonchev–Trinajstić information content (AvgIpc) is 2.13. The molecule has 98 valence electrons. The summed E-state index contributed by atoms with van der Waals surface area (Å²) >= 11 is 2.03. The zero-order valence-electron chi connectivity index (χ0n) is 12.1. The van der Waals surface area contributed by atoms with Crippen LogP contribution in [0.25, 0.3) is 0 Å². The summed E-state index contributed by atoms with van der Waals surface area (Å²) in [7, 11) is 2.18. The van der Waals surface area contributed by atoms with Crippen LogP contribution < -0.4 is 5.32 Å². The number of hydrogen-bond acceptors (Lipinski definition) is 3. The molecule has 0 saturated heterocycles. The number of nitrogens with zero attached hydrogens (tertiary/aromatic N) is 1. The van der Waals surface area contributed by atoms with Gasteiger partial charge in [0, 0.05) is 35.7 Å². The van der Waals surface area contributed by atoms with Crippen molar-refractivity contribution in [1.82, 2.24) is 10.2 Å². The molecule has 0 aliphatic carbocycles. The lowest BCUT2D eigenvalue weighted by Crippen LogP contribution is -2.38. The molecule has 0 aromatic carbocycles. The Kier molecular flexibility index (Phi) is 7.70. The lowest BCUT2D eigenvalue weighted by atomic mass is 10.3. The third-order valence-electron chi connectivity index (χ3n) is 2.61. The van der Waals surface area contributed by atoms with Crippen LogP contribution in [0.1, 0.15) is 41.5 Å². The van der Waals surface area contributed by atoms with E-state index in [0.29, 0.717) is 16.8 Å². The highest BCUT2D eigenvalue weighted by molar-refractivity contribution is 8.00. The molecule has 0 aromatic heterocycles. The molecule has 3 heteroatoms. The monoisotopic (exact) mass is 246 g/mol. The summed E-state index contributed by atoms with van der Waals surface area (Å²) in [6.07, 6.45) is 0. The van der Waals surface area contributed by atoms with Crippen molar-refractivity contribution in [2.24, 2.45) is 0 Å². The van der Waals surface area contributed by atoms with Crippen LogP contribution in [0.4, 0.5) is 0 Å². The molecule has 1 unspecified atom stereocenters. The predicted octanol–water partition coefficient (Wildman–Crippen LogP) is 2.84. The molecule has 0 heterocycles. The minimum absolute atomic E-state index is 0.380. The lowest BCUT2D eigenvalue weighted by Gasteiger charge is -2.24. The summed E-state index contributed by atoms with van der Waals surface area (Å²) in [5.74, 6) is 1.19. The Morgan fingerprint density at radius 3 is 2.19 bits per heavy atom. The molecule has 0 aliphatic rings. The van der Waals surface area contributed by atoms with Gasteiger partial charge in [0.25, 0.3) is 0 Å². The molecule has 0 saturated carbocycles. The van der Waals surface area contributed by atoms with E-state index in [1.54, 1.807) is 0 Å². The van der Waals surface area contributed by atoms with E-state index in [-0.39, 0.29) is 0 Å². The maximum Gasteiger partial charge on any atom is 0.0130 e. The van der Waals surface area contributed by atoms with Crippen LogP contribution in [0.5, 0.6) is 0 Å². The molecule has 16 heavy (non-hydrogen) atoms. The van der Waals surface area contributed by atoms with Gasteiger partial charge in [0.1, 0.15) is 0 Å². The van der Waals surface area contributed by atoms with Gasteiger partial charge in [-0.2, -0.15) is 11.8 Å². The fourth-order valence-electron chi connectivity index (χ4n) is 1.18. The predicted molar refractivity (Wildman–Crippen MR) is 77.4 cm³/mol. The van der Waals surface area contributed by atoms with Crippen LogP contribution in [0, 0.1) is 0 Å². The normalized spacial score (nSPS) is 14.8. The van der Waals surface area contributed by atoms with Crippen LogP contribution in [0.3, 0.4) is 0 Å². The maximum absolute atomic E-state index is 3.58. The fourth-order valence-corrected chi connectivity index (χ4v) is 2.05. The van der Waals surface area contributed by atoms with Gasteiger partial charge in [0.05, 0.1) is 0 Å². The maximum atomic E-state index is 3.58. The van der Waals surface area contributed by atoms with E-state index in [2.05, 4.69) is 58.8 Å². The summed E-state index contributed by atoms with van der Waals surface area (Å²) in [4.78, 5) is 2.37. The van der Waals surface area contributed by atoms with Gasteiger partial charge in [-0.05, 0) is 27.8 Å². The highest BCUT2D eigenvalue weighted by Gasteiger charge is 2.12. The molecule has 0 aliphatic heterocycles. The Labute approximate surface area is 107 Å². The van der Waals surface area contributed by atoms with E-state index in [1.165, 1.54) is 5.75 Å². The SMILES string of the molecule is CC(CSC(C)(C)C)NCCN(C)C(C)C. The van der Waals surface area contributed by atoms with Gasteiger partial charge >= 0.3 is 0 Å². The highest BCUT2D eigenvalue weighted by Crippen LogP contribution is 2.23. The van der Waals surface area contributed by atoms with Crippen molar-refractivity contribution in [2.45, 2.75) is 58.4 Å². The van der Waals surface area contributed by atoms with Crippen LogP contribution in [0.15, 0.2) is 0 Å². The van der Waals surface area contributed by atoms with Crippen molar-refractivity contribution < 1.29 is 0 Å². The van der Waals surface area contributed by atoms with Crippen LogP contribution >= 0.6 is 11.8 Å². The second-order valence-electron chi connectivity index (χ2n) is 5.85. The topological polar surface area (TPSA) is 15.3 Å². The molecule has 0 radical (unpaired) electrons. The number of nitrogens with one attached hydrogen (secondary N) is 1. The Morgan fingerprint density at radius 1 is 1.19 bits per heavy atom. The highest BCUT2D eigenvalue weighted by atomic mass is 32.2. The van der Waals surface area contributed by atoms with E-state index >= 15 is 0 Å². The molecular weight excluding hydrogens is 216 g/mol. The third kappa shape index (κ3) is 9.49. The largest absolute Gasteiger partial charge is 0.312 e. The van der Waals surface area contributed by atoms with Gasteiger partial charge in [-0.3, -0.25) is 0 Å². The second-order valence-corrected chi connectivity index (χ2v) is 7.70. The number of rotatable bonds is 7. The summed E-state index contributed by atoms with van der Waals surface area (Å²) in [6, 6.07) is 1.24. The molecule has 0 fully saturated rings. The van der Waals surface area contributed by atoms with Gasteiger partial charge in [-0.15, -0.1) is 0 Å². The quantitative estimate of drug-likeness (QED) is 0.743. The number of hydrogen-bond donors (Lipinski definition) is 1. The zero-order chi connectivity index (χ0) is 12.8. The van der Waals surface area contributed by atoms with Crippen molar-refractivity contribution in [3.05, 3.63) is 0 Å². The molecule has 0 spiro atoms. The van der Waals surface area contributed by atoms with Crippen molar-refractivity contribution in [3.63, 3.8) is 0 Å². The minimum Gasteiger partial charge on any atom is -0.312 e. The molecule has 2 nitrogen and oxygen atoms in total. The fraction of sp³-hybridized carbons (Fsp3) is 1.00. The van der Waals surface area contributed by atoms with Gasteiger partial charge in [0.15, 0.2) is 0 Å². The molecule has 0 bridgehead atoms. The first kappa shape index (κ1) is 16.3. The zero-order valence-corrected chi connectivity index (χ0v) is 12.9. The van der Waals surface area contributed by atoms with E-state index in [4.69, 9.17) is 0 Å². The lowest BCUT2D eigenvalue weighted by molar-refractivity contribution is 0.271. The summed E-state index contributed by atoms with van der Waals surface area (Å²) in [5, 5.41) is 3.58. The summed E-state index contributed by atoms with van der Waals surface area (Å²) in [5.41, 5.74) is 0. The van der Waals surface area contributed by atoms with Crippen molar-refractivity contribution in [3.8, 4) is 0 Å². The first-order chi connectivity index (χ1) is 7.22. The van der Waals surface area contributed by atoms with Crippen molar-refractivity contribution in [1.29, 1.82) is 0 Å². The summed E-state index contributed by atoms with van der Waals surface area (Å²) < 4.78 is 0.380. The number of likely N-dealkylation sites (N-methyl/N-ethyl adjacent to an activating group) is 1. The van der Waals surface area contributed by atoms with Gasteiger partial charge in [-0.1, -0.05) is 20.8 Å². The molecular formula is C13H30N2S. The van der Waals surface area contributed by atoms with Crippen molar-refractivity contribution in [2.75, 3.05) is 25.9 Å². The van der Waals surface area contributed by atoms with Crippen LogP contribution in [0.2, 0.25) is 0 Å². The molecule has 1 N–H and O–H groups in total. The van der Waals surface area contributed by atoms with Crippen molar-refractivity contribution >= 4 is 11.8 Å². The molecule has 0 rings (SSSR count). The molecule has 0 amide bonds. The Morgan fingerprint density at radius 2 is 1.75 bits per heavy atom. The minimum atomic E-state index is 0.380. The Balaban J connectivity index is 3.55. The van der Waals surface area contributed by atoms with Gasteiger partial charge < -0.3 is 10.2 Å². The van der Waals surface area contributed by atoms with E-state index in [1.807, 2.05) is 11.8 Å². The first-order valence-electron chi connectivity index (χ1n) is 6.30. The Bertz CT molecular complexity index is 175. The second kappa shape index (κ2) is 7.57. The standard InChI is InChI=1S/C13H30N2S/c1-11(2)15(7)9-8-14-12(3)10-16-13(4,5)6/h11-12,14H,8-10H2,1-7H3. The third-order valence-corrected chi connectivity index (χ3v) is 4.14. The summed E-state index contributed by atoms with van der Waals surface area (Å²) in [6.45, 7) is 15.8.